The highest BCUT2D eigenvalue weighted by Gasteiger charge is 2.20. The molecule has 0 saturated heterocycles. The summed E-state index contributed by atoms with van der Waals surface area (Å²) in [6.45, 7) is 0. The van der Waals surface area contributed by atoms with Gasteiger partial charge in [0.15, 0.2) is 5.75 Å². The Hall–Kier alpha value is -1.55. The van der Waals surface area contributed by atoms with Crippen LogP contribution in [0, 0.1) is 0 Å². The molecule has 0 aliphatic carbocycles. The van der Waals surface area contributed by atoms with Gasteiger partial charge in [0.1, 0.15) is 0 Å². The summed E-state index contributed by atoms with van der Waals surface area (Å²) in [6, 6.07) is 9.94. The highest BCUT2D eigenvalue weighted by atomic mass is 32.2. The Morgan fingerprint density at radius 3 is 2.47 bits per heavy atom. The van der Waals surface area contributed by atoms with Crippen LogP contribution in [0.1, 0.15) is 5.56 Å². The molecule has 0 unspecified atom stereocenters. The SMILES string of the molecule is COc1c(CCSc2ccccc2)c(=O)c1=O. The number of rotatable bonds is 5. The van der Waals surface area contributed by atoms with E-state index in [0.717, 1.165) is 10.6 Å². The van der Waals surface area contributed by atoms with Gasteiger partial charge in [0.25, 0.3) is 5.43 Å². The quantitative estimate of drug-likeness (QED) is 0.596. The van der Waals surface area contributed by atoms with E-state index in [9.17, 15) is 9.59 Å². The van der Waals surface area contributed by atoms with Crippen LogP contribution in [-0.4, -0.2) is 12.9 Å². The minimum atomic E-state index is -0.493. The number of benzene rings is 1. The maximum absolute atomic E-state index is 11.3. The highest BCUT2D eigenvalue weighted by Crippen LogP contribution is 2.20. The average molecular weight is 248 g/mol. The molecule has 0 saturated carbocycles. The van der Waals surface area contributed by atoms with Gasteiger partial charge in [-0.1, -0.05) is 18.2 Å². The van der Waals surface area contributed by atoms with Crippen molar-refractivity contribution in [3.05, 3.63) is 56.3 Å². The molecule has 0 radical (unpaired) electrons. The Balaban J connectivity index is 1.93. The topological polar surface area (TPSA) is 43.4 Å². The molecule has 88 valence electrons. The number of ether oxygens (including phenoxy) is 1. The Morgan fingerprint density at radius 1 is 1.12 bits per heavy atom. The molecule has 4 heteroatoms. The maximum atomic E-state index is 11.3. The van der Waals surface area contributed by atoms with Crippen LogP contribution >= 0.6 is 11.8 Å². The van der Waals surface area contributed by atoms with Crippen LogP contribution < -0.4 is 15.6 Å². The van der Waals surface area contributed by atoms with Crippen LogP contribution in [-0.2, 0) is 6.42 Å². The molecule has 0 bridgehead atoms. The van der Waals surface area contributed by atoms with Crippen molar-refractivity contribution in [2.45, 2.75) is 11.3 Å². The van der Waals surface area contributed by atoms with E-state index in [4.69, 9.17) is 4.74 Å². The fourth-order valence-corrected chi connectivity index (χ4v) is 2.54. The fourth-order valence-electron chi connectivity index (χ4n) is 1.65. The lowest BCUT2D eigenvalue weighted by Gasteiger charge is -2.08. The molecule has 0 amide bonds. The van der Waals surface area contributed by atoms with Gasteiger partial charge in [0.2, 0.25) is 5.43 Å². The molecule has 2 aromatic carbocycles. The van der Waals surface area contributed by atoms with E-state index in [1.807, 2.05) is 30.3 Å². The van der Waals surface area contributed by atoms with Crippen molar-refractivity contribution in [2.24, 2.45) is 0 Å². The van der Waals surface area contributed by atoms with E-state index in [1.165, 1.54) is 7.11 Å². The van der Waals surface area contributed by atoms with Gasteiger partial charge in [0, 0.05) is 10.6 Å². The molecule has 0 aromatic heterocycles. The number of hydrogen-bond acceptors (Lipinski definition) is 4. The van der Waals surface area contributed by atoms with Crippen LogP contribution in [0.25, 0.3) is 0 Å². The minimum Gasteiger partial charge on any atom is -0.492 e. The second-order valence-electron chi connectivity index (χ2n) is 3.58. The van der Waals surface area contributed by atoms with Crippen LogP contribution in [0.5, 0.6) is 5.75 Å². The van der Waals surface area contributed by atoms with Crippen LogP contribution in [0.2, 0.25) is 0 Å². The van der Waals surface area contributed by atoms with Crippen molar-refractivity contribution >= 4 is 11.8 Å². The molecule has 0 aliphatic rings. The van der Waals surface area contributed by atoms with Gasteiger partial charge >= 0.3 is 0 Å². The molecule has 0 aliphatic heterocycles. The molecule has 0 atom stereocenters. The van der Waals surface area contributed by atoms with E-state index in [-0.39, 0.29) is 5.75 Å². The van der Waals surface area contributed by atoms with E-state index < -0.39 is 10.9 Å². The smallest absolute Gasteiger partial charge is 0.268 e. The molecule has 0 spiro atoms. The summed E-state index contributed by atoms with van der Waals surface area (Å²) >= 11 is 1.66. The standard InChI is InChI=1S/C13H12O3S/c1-16-13-10(11(14)12(13)15)7-8-17-9-5-3-2-4-6-9/h2-6H,7-8H2,1H3. The number of methoxy groups -OCH3 is 1. The van der Waals surface area contributed by atoms with Crippen LogP contribution in [0.3, 0.4) is 0 Å². The zero-order valence-corrected chi connectivity index (χ0v) is 10.3. The lowest BCUT2D eigenvalue weighted by atomic mass is 10.1. The third-order valence-corrected chi connectivity index (χ3v) is 3.54. The second-order valence-corrected chi connectivity index (χ2v) is 4.75. The maximum Gasteiger partial charge on any atom is 0.268 e. The van der Waals surface area contributed by atoms with Crippen LogP contribution in [0.4, 0.5) is 0 Å². The van der Waals surface area contributed by atoms with Gasteiger partial charge < -0.3 is 4.74 Å². The monoisotopic (exact) mass is 248 g/mol. The van der Waals surface area contributed by atoms with Crippen LogP contribution in [0.15, 0.2) is 44.8 Å². The van der Waals surface area contributed by atoms with Gasteiger partial charge in [-0.2, -0.15) is 0 Å². The van der Waals surface area contributed by atoms with Gasteiger partial charge in [-0.15, -0.1) is 11.8 Å². The zero-order chi connectivity index (χ0) is 12.3. The Bertz CT molecular complexity index is 568. The molecule has 3 nitrogen and oxygen atoms in total. The van der Waals surface area contributed by atoms with Crippen molar-refractivity contribution in [1.82, 2.24) is 0 Å². The minimum absolute atomic E-state index is 0.240. The van der Waals surface area contributed by atoms with Crippen molar-refractivity contribution in [3.8, 4) is 5.75 Å². The van der Waals surface area contributed by atoms with Gasteiger partial charge in [-0.3, -0.25) is 9.59 Å². The highest BCUT2D eigenvalue weighted by molar-refractivity contribution is 7.99. The largest absolute Gasteiger partial charge is 0.492 e. The number of hydrogen-bond donors (Lipinski definition) is 0. The summed E-state index contributed by atoms with van der Waals surface area (Å²) in [5, 5.41) is 0. The molecular formula is C13H12O3S. The van der Waals surface area contributed by atoms with E-state index in [1.54, 1.807) is 11.8 Å². The molecule has 2 rings (SSSR count). The summed E-state index contributed by atoms with van der Waals surface area (Å²) in [6.07, 6.45) is 0.577. The zero-order valence-electron chi connectivity index (χ0n) is 9.43. The Morgan fingerprint density at radius 2 is 1.82 bits per heavy atom. The molecule has 2 aromatic rings. The predicted octanol–water partition coefficient (Wildman–Crippen LogP) is 1.63. The van der Waals surface area contributed by atoms with E-state index in [2.05, 4.69) is 0 Å². The van der Waals surface area contributed by atoms with E-state index >= 15 is 0 Å². The molecule has 0 heterocycles. The van der Waals surface area contributed by atoms with Crippen molar-refractivity contribution < 1.29 is 4.74 Å². The first kappa shape index (κ1) is 11.9. The second kappa shape index (κ2) is 5.19. The molecule has 0 fully saturated rings. The summed E-state index contributed by atoms with van der Waals surface area (Å²) in [4.78, 5) is 23.5. The summed E-state index contributed by atoms with van der Waals surface area (Å²) < 4.78 is 4.88. The summed E-state index contributed by atoms with van der Waals surface area (Å²) in [5.41, 5.74) is -0.358. The van der Waals surface area contributed by atoms with Gasteiger partial charge in [-0.25, -0.2) is 0 Å². The van der Waals surface area contributed by atoms with Crippen molar-refractivity contribution in [3.63, 3.8) is 0 Å². The third-order valence-electron chi connectivity index (χ3n) is 2.53. The number of thioether (sulfide) groups is 1. The van der Waals surface area contributed by atoms with E-state index in [0.29, 0.717) is 12.0 Å². The lowest BCUT2D eigenvalue weighted by molar-refractivity contribution is 0.399. The van der Waals surface area contributed by atoms with Crippen molar-refractivity contribution in [1.29, 1.82) is 0 Å². The Labute approximate surface area is 103 Å². The molecule has 17 heavy (non-hydrogen) atoms. The van der Waals surface area contributed by atoms with Crippen molar-refractivity contribution in [2.75, 3.05) is 12.9 Å². The summed E-state index contributed by atoms with van der Waals surface area (Å²) in [5.74, 6) is 1.01. The lowest BCUT2D eigenvalue weighted by Crippen LogP contribution is -2.36. The predicted molar refractivity (Wildman–Crippen MR) is 68.8 cm³/mol. The first-order valence-electron chi connectivity index (χ1n) is 5.28. The normalized spacial score (nSPS) is 10.6. The first-order chi connectivity index (χ1) is 8.24. The van der Waals surface area contributed by atoms with Gasteiger partial charge in [0.05, 0.1) is 12.7 Å². The molecular weight excluding hydrogens is 236 g/mol. The molecule has 0 N–H and O–H groups in total. The average Bonchev–Trinajstić information content (AvgIpc) is 2.38. The third kappa shape index (κ3) is 2.42. The Kier molecular flexibility index (Phi) is 3.64. The fraction of sp³-hybridized carbons (Fsp3) is 0.231. The first-order valence-corrected chi connectivity index (χ1v) is 6.26. The summed E-state index contributed by atoms with van der Waals surface area (Å²) in [7, 11) is 1.42. The van der Waals surface area contributed by atoms with Gasteiger partial charge in [-0.05, 0) is 18.6 Å².